The zero-order valence-electron chi connectivity index (χ0n) is 17.9. The molecule has 1 heterocycles. The third-order valence-electron chi connectivity index (χ3n) is 4.76. The van der Waals surface area contributed by atoms with Crippen molar-refractivity contribution in [2.45, 2.75) is 47.0 Å². The first-order chi connectivity index (χ1) is 14.4. The van der Waals surface area contributed by atoms with Crippen molar-refractivity contribution in [3.8, 4) is 22.7 Å². The van der Waals surface area contributed by atoms with Crippen molar-refractivity contribution < 1.29 is 14.3 Å². The highest BCUT2D eigenvalue weighted by Gasteiger charge is 2.23. The Labute approximate surface area is 176 Å². The first-order valence-electron chi connectivity index (χ1n) is 10.2. The van der Waals surface area contributed by atoms with E-state index in [9.17, 15) is 9.59 Å². The summed E-state index contributed by atoms with van der Waals surface area (Å²) in [5.74, 6) is -0.0335. The molecule has 2 aromatic carbocycles. The van der Waals surface area contributed by atoms with Gasteiger partial charge in [-0.25, -0.2) is 0 Å². The van der Waals surface area contributed by atoms with Crippen LogP contribution in [-0.4, -0.2) is 21.7 Å². The third-order valence-corrected chi connectivity index (χ3v) is 4.76. The van der Waals surface area contributed by atoms with Crippen molar-refractivity contribution in [2.24, 2.45) is 0 Å². The van der Waals surface area contributed by atoms with E-state index in [1.165, 1.54) is 6.92 Å². The number of nitrogens with zero attached hydrogens (tertiary/aromatic N) is 2. The van der Waals surface area contributed by atoms with Crippen LogP contribution in [0.1, 0.15) is 44.9 Å². The van der Waals surface area contributed by atoms with Gasteiger partial charge in [0.15, 0.2) is 0 Å². The van der Waals surface area contributed by atoms with Gasteiger partial charge in [-0.15, -0.1) is 0 Å². The summed E-state index contributed by atoms with van der Waals surface area (Å²) >= 11 is 0. The van der Waals surface area contributed by atoms with Crippen LogP contribution in [0.3, 0.4) is 0 Å². The van der Waals surface area contributed by atoms with Gasteiger partial charge < -0.3 is 10.1 Å². The van der Waals surface area contributed by atoms with Crippen molar-refractivity contribution >= 4 is 17.6 Å². The predicted octanol–water partition coefficient (Wildman–Crippen LogP) is 5.07. The van der Waals surface area contributed by atoms with Gasteiger partial charge in [-0.1, -0.05) is 50.6 Å². The summed E-state index contributed by atoms with van der Waals surface area (Å²) in [6.07, 6.45) is 2.07. The fourth-order valence-corrected chi connectivity index (χ4v) is 3.31. The zero-order valence-corrected chi connectivity index (χ0v) is 17.9. The van der Waals surface area contributed by atoms with Crippen molar-refractivity contribution in [3.63, 3.8) is 0 Å². The fourth-order valence-electron chi connectivity index (χ4n) is 3.31. The Balaban J connectivity index is 2.15. The molecule has 1 aromatic heterocycles. The first kappa shape index (κ1) is 21.3. The summed E-state index contributed by atoms with van der Waals surface area (Å²) in [6, 6.07) is 15.4. The molecule has 6 heteroatoms. The number of para-hydroxylation sites is 1. The van der Waals surface area contributed by atoms with E-state index in [0.717, 1.165) is 46.6 Å². The molecule has 0 unspecified atom stereocenters. The van der Waals surface area contributed by atoms with Crippen LogP contribution in [0.25, 0.3) is 16.8 Å². The number of carbonyl (C=O) groups excluding carboxylic acids is 2. The maximum atomic E-state index is 11.9. The number of aryl methyl sites for hydroxylation is 2. The number of esters is 1. The monoisotopic (exact) mass is 405 g/mol. The Morgan fingerprint density at radius 3 is 2.37 bits per heavy atom. The fraction of sp³-hybridized carbons (Fsp3) is 0.292. The Kier molecular flexibility index (Phi) is 6.67. The number of rotatable bonds is 7. The molecule has 0 bridgehead atoms. The van der Waals surface area contributed by atoms with Crippen molar-refractivity contribution in [2.75, 3.05) is 5.32 Å². The van der Waals surface area contributed by atoms with Gasteiger partial charge in [0.2, 0.25) is 11.8 Å². The lowest BCUT2D eigenvalue weighted by molar-refractivity contribution is -0.132. The molecule has 0 aliphatic carbocycles. The predicted molar refractivity (Wildman–Crippen MR) is 118 cm³/mol. The molecule has 3 aromatic rings. The minimum absolute atomic E-state index is 0.0394. The SMILES string of the molecule is CCCc1nn(-c2ccccc2C)c(OC(C)=O)c1-c1ccc(NC(=O)CC)cc1. The lowest BCUT2D eigenvalue weighted by Gasteiger charge is -2.11. The molecule has 6 nitrogen and oxygen atoms in total. The number of aromatic nitrogens is 2. The van der Waals surface area contributed by atoms with Gasteiger partial charge in [-0.05, 0) is 42.7 Å². The second kappa shape index (κ2) is 9.39. The largest absolute Gasteiger partial charge is 0.407 e. The normalized spacial score (nSPS) is 10.7. The number of benzene rings is 2. The highest BCUT2D eigenvalue weighted by molar-refractivity contribution is 5.91. The molecule has 0 saturated carbocycles. The average Bonchev–Trinajstić information content (AvgIpc) is 3.06. The van der Waals surface area contributed by atoms with Gasteiger partial charge in [-0.2, -0.15) is 9.78 Å². The Morgan fingerprint density at radius 2 is 1.77 bits per heavy atom. The minimum atomic E-state index is -0.402. The van der Waals surface area contributed by atoms with Gasteiger partial charge in [0, 0.05) is 19.0 Å². The van der Waals surface area contributed by atoms with Crippen LogP contribution in [0.4, 0.5) is 5.69 Å². The molecule has 0 atom stereocenters. The van der Waals surface area contributed by atoms with Gasteiger partial charge in [0.1, 0.15) is 0 Å². The van der Waals surface area contributed by atoms with Crippen molar-refractivity contribution in [1.82, 2.24) is 9.78 Å². The molecule has 0 saturated heterocycles. The van der Waals surface area contributed by atoms with Crippen molar-refractivity contribution in [1.29, 1.82) is 0 Å². The highest BCUT2D eigenvalue weighted by Crippen LogP contribution is 2.37. The maximum Gasteiger partial charge on any atom is 0.309 e. The van der Waals surface area contributed by atoms with Crippen molar-refractivity contribution in [3.05, 3.63) is 59.8 Å². The Morgan fingerprint density at radius 1 is 1.07 bits per heavy atom. The summed E-state index contributed by atoms with van der Waals surface area (Å²) in [6.45, 7) is 7.29. The molecule has 0 spiro atoms. The lowest BCUT2D eigenvalue weighted by Crippen LogP contribution is -2.09. The highest BCUT2D eigenvalue weighted by atomic mass is 16.5. The lowest BCUT2D eigenvalue weighted by atomic mass is 10.0. The van der Waals surface area contributed by atoms with E-state index in [0.29, 0.717) is 12.3 Å². The molecule has 1 N–H and O–H groups in total. The molecule has 1 amide bonds. The van der Waals surface area contributed by atoms with E-state index in [1.54, 1.807) is 4.68 Å². The van der Waals surface area contributed by atoms with Crippen LogP contribution in [-0.2, 0) is 16.0 Å². The van der Waals surface area contributed by atoms with Gasteiger partial charge >= 0.3 is 5.97 Å². The van der Waals surface area contributed by atoms with E-state index in [2.05, 4.69) is 12.2 Å². The average molecular weight is 405 g/mol. The van der Waals surface area contributed by atoms with Crippen LogP contribution in [0, 0.1) is 6.92 Å². The zero-order chi connectivity index (χ0) is 21.7. The Hall–Kier alpha value is -3.41. The van der Waals surface area contributed by atoms with Crippen LogP contribution >= 0.6 is 0 Å². The van der Waals surface area contributed by atoms with Crippen LogP contribution < -0.4 is 10.1 Å². The van der Waals surface area contributed by atoms with Crippen LogP contribution in [0.2, 0.25) is 0 Å². The summed E-state index contributed by atoms with van der Waals surface area (Å²) in [5, 5.41) is 7.66. The number of hydrogen-bond donors (Lipinski definition) is 1. The molecule has 30 heavy (non-hydrogen) atoms. The van der Waals surface area contributed by atoms with Gasteiger partial charge in [-0.3, -0.25) is 9.59 Å². The first-order valence-corrected chi connectivity index (χ1v) is 10.2. The second-order valence-corrected chi connectivity index (χ2v) is 7.15. The number of ether oxygens (including phenoxy) is 1. The second-order valence-electron chi connectivity index (χ2n) is 7.15. The van der Waals surface area contributed by atoms with E-state index >= 15 is 0 Å². The third kappa shape index (κ3) is 4.59. The molecule has 3 rings (SSSR count). The molecule has 156 valence electrons. The molecule has 0 radical (unpaired) electrons. The minimum Gasteiger partial charge on any atom is -0.407 e. The summed E-state index contributed by atoms with van der Waals surface area (Å²) < 4.78 is 7.38. The number of nitrogens with one attached hydrogen (secondary N) is 1. The van der Waals surface area contributed by atoms with Gasteiger partial charge in [0.05, 0.1) is 16.9 Å². The number of hydrogen-bond acceptors (Lipinski definition) is 4. The van der Waals surface area contributed by atoms with Crippen LogP contribution in [0.5, 0.6) is 5.88 Å². The molecular formula is C24H27N3O3. The molecule has 0 aliphatic heterocycles. The van der Waals surface area contributed by atoms with E-state index in [4.69, 9.17) is 9.84 Å². The summed E-state index contributed by atoms with van der Waals surface area (Å²) in [4.78, 5) is 23.6. The Bertz CT molecular complexity index is 1050. The topological polar surface area (TPSA) is 73.2 Å². The van der Waals surface area contributed by atoms with E-state index in [1.807, 2.05) is 62.4 Å². The standard InChI is InChI=1S/C24H27N3O3/c1-5-9-20-23(18-12-14-19(15-13-18)25-22(29)6-2)24(30-17(4)28)27(26-20)21-11-8-7-10-16(21)3/h7-8,10-15H,5-6,9H2,1-4H3,(H,25,29). The number of amides is 1. The number of carbonyl (C=O) groups is 2. The smallest absolute Gasteiger partial charge is 0.309 e. The molecule has 0 fully saturated rings. The van der Waals surface area contributed by atoms with Crippen LogP contribution in [0.15, 0.2) is 48.5 Å². The maximum absolute atomic E-state index is 11.9. The van der Waals surface area contributed by atoms with E-state index in [-0.39, 0.29) is 5.91 Å². The summed E-state index contributed by atoms with van der Waals surface area (Å²) in [7, 11) is 0. The molecule has 0 aliphatic rings. The summed E-state index contributed by atoms with van der Waals surface area (Å²) in [5.41, 5.74) is 5.16. The number of anilines is 1. The van der Waals surface area contributed by atoms with E-state index < -0.39 is 5.97 Å². The molecular weight excluding hydrogens is 378 g/mol. The quantitative estimate of drug-likeness (QED) is 0.557. The van der Waals surface area contributed by atoms with Gasteiger partial charge in [0.25, 0.3) is 0 Å².